The van der Waals surface area contributed by atoms with Gasteiger partial charge in [-0.1, -0.05) is 35.9 Å². The smallest absolute Gasteiger partial charge is 0.338 e. The molecule has 1 amide bonds. The number of nitrogens with one attached hydrogen (secondary N) is 3. The molecule has 0 fully saturated rings. The fourth-order valence-electron chi connectivity index (χ4n) is 4.95. The number of rotatable bonds is 9. The van der Waals surface area contributed by atoms with Crippen molar-refractivity contribution in [2.45, 2.75) is 47.6 Å². The summed E-state index contributed by atoms with van der Waals surface area (Å²) in [5.41, 5.74) is 10.7. The van der Waals surface area contributed by atoms with Crippen LogP contribution >= 0.6 is 12.2 Å². The molecule has 0 aliphatic carbocycles. The van der Waals surface area contributed by atoms with Crippen molar-refractivity contribution in [2.24, 2.45) is 5.10 Å². The van der Waals surface area contributed by atoms with Gasteiger partial charge in [0, 0.05) is 33.9 Å². The van der Waals surface area contributed by atoms with Crippen LogP contribution in [-0.4, -0.2) is 41.0 Å². The number of esters is 1. The van der Waals surface area contributed by atoms with Gasteiger partial charge in [0.2, 0.25) is 0 Å². The summed E-state index contributed by atoms with van der Waals surface area (Å²) in [5.74, 6) is -0.456. The maximum atomic E-state index is 12.7. The Labute approximate surface area is 245 Å². The Hall–Kier alpha value is -4.44. The highest BCUT2D eigenvalue weighted by Crippen LogP contribution is 2.33. The van der Waals surface area contributed by atoms with Gasteiger partial charge in [0.05, 0.1) is 24.4 Å². The van der Waals surface area contributed by atoms with Crippen molar-refractivity contribution < 1.29 is 19.1 Å². The first-order chi connectivity index (χ1) is 19.6. The van der Waals surface area contributed by atoms with E-state index in [1.807, 2.05) is 32.0 Å². The van der Waals surface area contributed by atoms with E-state index in [0.29, 0.717) is 27.7 Å². The summed E-state index contributed by atoms with van der Waals surface area (Å²) in [7, 11) is 0. The van der Waals surface area contributed by atoms with Crippen LogP contribution in [-0.2, 0) is 14.3 Å². The van der Waals surface area contributed by atoms with Gasteiger partial charge < -0.3 is 24.7 Å². The third-order valence-corrected chi connectivity index (χ3v) is 7.03. The molecule has 2 aromatic carbocycles. The number of para-hydroxylation sites is 1. The van der Waals surface area contributed by atoms with Gasteiger partial charge in [-0.15, -0.1) is 0 Å². The molecule has 214 valence electrons. The number of hydrogen-bond acceptors (Lipinski definition) is 6. The quantitative estimate of drug-likeness (QED) is 0.149. The average Bonchev–Trinajstić information content (AvgIpc) is 3.19. The summed E-state index contributed by atoms with van der Waals surface area (Å²) in [6.45, 7) is 11.7. The van der Waals surface area contributed by atoms with E-state index in [-0.39, 0.29) is 13.2 Å². The SMILES string of the molecule is CCOC(=O)C1=C(C)NC(=S)N[C@H]1c1ccccc1OCC(=O)NN=Cc1cc(C)n(-c2ccc(C)cc2C)c1C. The van der Waals surface area contributed by atoms with Crippen molar-refractivity contribution in [1.82, 2.24) is 20.6 Å². The number of allylic oxidation sites excluding steroid dienone is 1. The molecule has 0 spiro atoms. The second kappa shape index (κ2) is 12.8. The minimum absolute atomic E-state index is 0.237. The summed E-state index contributed by atoms with van der Waals surface area (Å²) in [5, 5.41) is 10.6. The highest BCUT2D eigenvalue weighted by molar-refractivity contribution is 7.80. The Balaban J connectivity index is 1.45. The molecule has 0 unspecified atom stereocenters. The van der Waals surface area contributed by atoms with Gasteiger partial charge in [0.1, 0.15) is 5.75 Å². The Kier molecular flexibility index (Phi) is 9.24. The number of aryl methyl sites for hydroxylation is 3. The van der Waals surface area contributed by atoms with E-state index in [9.17, 15) is 9.59 Å². The lowest BCUT2D eigenvalue weighted by Crippen LogP contribution is -2.45. The molecule has 0 bridgehead atoms. The summed E-state index contributed by atoms with van der Waals surface area (Å²) >= 11 is 5.33. The predicted molar refractivity (Wildman–Crippen MR) is 163 cm³/mol. The Bertz CT molecular complexity index is 1560. The summed E-state index contributed by atoms with van der Waals surface area (Å²) < 4.78 is 13.3. The van der Waals surface area contributed by atoms with Crippen molar-refractivity contribution in [3.8, 4) is 11.4 Å². The van der Waals surface area contributed by atoms with E-state index in [2.05, 4.69) is 57.8 Å². The molecule has 1 aromatic heterocycles. The molecule has 0 saturated carbocycles. The van der Waals surface area contributed by atoms with Crippen molar-refractivity contribution in [3.05, 3.63) is 93.4 Å². The van der Waals surface area contributed by atoms with Crippen LogP contribution in [0.15, 0.2) is 64.9 Å². The predicted octanol–water partition coefficient (Wildman–Crippen LogP) is 4.60. The van der Waals surface area contributed by atoms with Crippen LogP contribution in [0.25, 0.3) is 5.69 Å². The lowest BCUT2D eigenvalue weighted by Gasteiger charge is -2.30. The molecule has 1 atom stereocenters. The number of hydrogen-bond donors (Lipinski definition) is 3. The number of carbonyl (C=O) groups excluding carboxylic acids is 2. The lowest BCUT2D eigenvalue weighted by molar-refractivity contribution is -0.139. The van der Waals surface area contributed by atoms with Crippen molar-refractivity contribution in [1.29, 1.82) is 0 Å². The Morgan fingerprint density at radius 3 is 2.59 bits per heavy atom. The first kappa shape index (κ1) is 29.5. The van der Waals surface area contributed by atoms with Crippen LogP contribution in [0.1, 0.15) is 53.5 Å². The zero-order valence-electron chi connectivity index (χ0n) is 24.1. The second-order valence-electron chi connectivity index (χ2n) is 9.86. The minimum Gasteiger partial charge on any atom is -0.483 e. The number of nitrogens with zero attached hydrogens (tertiary/aromatic N) is 2. The van der Waals surface area contributed by atoms with Crippen molar-refractivity contribution in [3.63, 3.8) is 0 Å². The zero-order chi connectivity index (χ0) is 29.7. The zero-order valence-corrected chi connectivity index (χ0v) is 24.9. The Morgan fingerprint density at radius 1 is 1.10 bits per heavy atom. The highest BCUT2D eigenvalue weighted by atomic mass is 32.1. The maximum Gasteiger partial charge on any atom is 0.338 e. The number of thiocarbonyl (C=S) groups is 1. The van der Waals surface area contributed by atoms with Crippen LogP contribution in [0.4, 0.5) is 0 Å². The van der Waals surface area contributed by atoms with E-state index in [1.54, 1.807) is 32.2 Å². The molecule has 3 N–H and O–H groups in total. The first-order valence-electron chi connectivity index (χ1n) is 13.4. The maximum absolute atomic E-state index is 12.7. The summed E-state index contributed by atoms with van der Waals surface area (Å²) in [4.78, 5) is 25.4. The normalized spacial score (nSPS) is 15.0. The number of hydrazone groups is 1. The highest BCUT2D eigenvalue weighted by Gasteiger charge is 2.32. The third kappa shape index (κ3) is 6.66. The van der Waals surface area contributed by atoms with E-state index in [0.717, 1.165) is 22.6 Å². The van der Waals surface area contributed by atoms with Gasteiger partial charge in [-0.2, -0.15) is 5.10 Å². The largest absolute Gasteiger partial charge is 0.483 e. The molecular formula is C31H35N5O4S. The fraction of sp³-hybridized carbons (Fsp3) is 0.290. The average molecular weight is 574 g/mol. The number of aromatic nitrogens is 1. The number of amides is 1. The van der Waals surface area contributed by atoms with Crippen LogP contribution in [0, 0.1) is 27.7 Å². The molecule has 9 nitrogen and oxygen atoms in total. The van der Waals surface area contributed by atoms with E-state index in [4.69, 9.17) is 21.7 Å². The molecule has 4 rings (SSSR count). The van der Waals surface area contributed by atoms with Gasteiger partial charge >= 0.3 is 5.97 Å². The lowest BCUT2D eigenvalue weighted by atomic mass is 9.95. The minimum atomic E-state index is -0.604. The van der Waals surface area contributed by atoms with E-state index >= 15 is 0 Å². The van der Waals surface area contributed by atoms with Crippen LogP contribution in [0.3, 0.4) is 0 Å². The second-order valence-corrected chi connectivity index (χ2v) is 10.3. The molecular weight excluding hydrogens is 538 g/mol. The van der Waals surface area contributed by atoms with E-state index in [1.165, 1.54) is 11.1 Å². The van der Waals surface area contributed by atoms with Crippen LogP contribution in [0.5, 0.6) is 5.75 Å². The van der Waals surface area contributed by atoms with Crippen LogP contribution < -0.4 is 20.8 Å². The fourth-order valence-corrected chi connectivity index (χ4v) is 5.22. The monoisotopic (exact) mass is 573 g/mol. The molecule has 1 aliphatic heterocycles. The Morgan fingerprint density at radius 2 is 1.85 bits per heavy atom. The molecule has 3 aromatic rings. The summed E-state index contributed by atoms with van der Waals surface area (Å²) in [6.07, 6.45) is 1.63. The van der Waals surface area contributed by atoms with Gasteiger partial charge in [0.25, 0.3) is 5.91 Å². The van der Waals surface area contributed by atoms with Gasteiger partial charge in [-0.05, 0) is 77.5 Å². The topological polar surface area (TPSA) is 106 Å². The van der Waals surface area contributed by atoms with E-state index < -0.39 is 17.9 Å². The molecule has 0 radical (unpaired) electrons. The van der Waals surface area contributed by atoms with Crippen LogP contribution in [0.2, 0.25) is 0 Å². The van der Waals surface area contributed by atoms with Crippen molar-refractivity contribution in [2.75, 3.05) is 13.2 Å². The van der Waals surface area contributed by atoms with Gasteiger partial charge in [-0.25, -0.2) is 10.2 Å². The summed E-state index contributed by atoms with van der Waals surface area (Å²) in [6, 6.07) is 15.0. The van der Waals surface area contributed by atoms with Gasteiger partial charge in [0.15, 0.2) is 11.7 Å². The van der Waals surface area contributed by atoms with Gasteiger partial charge in [-0.3, -0.25) is 4.79 Å². The molecule has 1 aliphatic rings. The molecule has 41 heavy (non-hydrogen) atoms. The number of benzene rings is 2. The standard InChI is InChI=1S/C31H35N5O4S/c1-7-39-30(38)28-21(5)33-31(41)34-29(28)24-10-8-9-11-26(24)40-17-27(37)35-32-16-23-15-20(4)36(22(23)6)25-13-12-18(2)14-19(25)3/h8-16,29H,7,17H2,1-6H3,(H,35,37)(H2,33,34,41)/t29-/m0/s1. The molecule has 10 heteroatoms. The molecule has 0 saturated heterocycles. The number of ether oxygens (including phenoxy) is 2. The first-order valence-corrected chi connectivity index (χ1v) is 13.8. The van der Waals surface area contributed by atoms with Crippen molar-refractivity contribution >= 4 is 35.4 Å². The third-order valence-electron chi connectivity index (χ3n) is 6.81. The number of carbonyl (C=O) groups is 2. The molecule has 2 heterocycles.